The Balaban J connectivity index is 2.08. The molecule has 0 saturated heterocycles. The van der Waals surface area contributed by atoms with Crippen molar-refractivity contribution in [3.8, 4) is 17.2 Å². The predicted molar refractivity (Wildman–Crippen MR) is 107 cm³/mol. The molecule has 0 fully saturated rings. The minimum Gasteiger partial charge on any atom is -0.495 e. The maximum absolute atomic E-state index is 12.1. The summed E-state index contributed by atoms with van der Waals surface area (Å²) in [5.41, 5.74) is 3.65. The normalized spacial score (nSPS) is 10.8. The Kier molecular flexibility index (Phi) is 7.22. The number of rotatable bonds is 6. The number of benzene rings is 2. The number of carbonyl (C=O) groups is 2. The summed E-state index contributed by atoms with van der Waals surface area (Å²) in [7, 11) is 4.49. The SMILES string of the molecule is COc1ccc(Cl)cc1NC(=O)C(=O)NN=C(C)c1ccc(OC)c(OC)c1. The number of anilines is 1. The highest BCUT2D eigenvalue weighted by molar-refractivity contribution is 6.40. The molecule has 2 aromatic carbocycles. The third kappa shape index (κ3) is 5.14. The van der Waals surface area contributed by atoms with E-state index in [1.807, 2.05) is 0 Å². The lowest BCUT2D eigenvalue weighted by Crippen LogP contribution is -2.33. The smallest absolute Gasteiger partial charge is 0.329 e. The summed E-state index contributed by atoms with van der Waals surface area (Å²) >= 11 is 5.91. The van der Waals surface area contributed by atoms with Gasteiger partial charge >= 0.3 is 11.8 Å². The van der Waals surface area contributed by atoms with Crippen LogP contribution >= 0.6 is 11.6 Å². The number of carbonyl (C=O) groups excluding carboxylic acids is 2. The van der Waals surface area contributed by atoms with Gasteiger partial charge in [-0.1, -0.05) is 11.6 Å². The number of methoxy groups -OCH3 is 3. The van der Waals surface area contributed by atoms with Gasteiger partial charge in [-0.2, -0.15) is 5.10 Å². The first kappa shape index (κ1) is 21.0. The summed E-state index contributed by atoms with van der Waals surface area (Å²) in [4.78, 5) is 24.1. The maximum Gasteiger partial charge on any atom is 0.329 e. The van der Waals surface area contributed by atoms with E-state index in [0.29, 0.717) is 33.5 Å². The molecule has 9 heteroatoms. The van der Waals surface area contributed by atoms with Crippen LogP contribution in [0.5, 0.6) is 17.2 Å². The van der Waals surface area contributed by atoms with E-state index < -0.39 is 11.8 Å². The van der Waals surface area contributed by atoms with Gasteiger partial charge in [-0.25, -0.2) is 5.43 Å². The van der Waals surface area contributed by atoms with Crippen molar-refractivity contribution in [3.63, 3.8) is 0 Å². The Morgan fingerprint density at radius 1 is 0.893 bits per heavy atom. The monoisotopic (exact) mass is 405 g/mol. The van der Waals surface area contributed by atoms with Crippen LogP contribution < -0.4 is 25.0 Å². The topological polar surface area (TPSA) is 98.2 Å². The fourth-order valence-corrected chi connectivity index (χ4v) is 2.44. The molecule has 0 heterocycles. The van der Waals surface area contributed by atoms with Crippen LogP contribution in [0, 0.1) is 0 Å². The van der Waals surface area contributed by atoms with Crippen LogP contribution in [0.4, 0.5) is 5.69 Å². The van der Waals surface area contributed by atoms with Gasteiger partial charge in [0, 0.05) is 10.6 Å². The zero-order valence-corrected chi connectivity index (χ0v) is 16.6. The summed E-state index contributed by atoms with van der Waals surface area (Å²) in [6.07, 6.45) is 0. The first-order chi connectivity index (χ1) is 13.4. The lowest BCUT2D eigenvalue weighted by atomic mass is 10.1. The summed E-state index contributed by atoms with van der Waals surface area (Å²) < 4.78 is 15.5. The first-order valence-electron chi connectivity index (χ1n) is 8.11. The number of hydrogen-bond donors (Lipinski definition) is 2. The zero-order chi connectivity index (χ0) is 20.7. The number of hydrogen-bond acceptors (Lipinski definition) is 6. The quantitative estimate of drug-likeness (QED) is 0.437. The predicted octanol–water partition coefficient (Wildman–Crippen LogP) is 2.84. The molecule has 28 heavy (non-hydrogen) atoms. The molecule has 2 rings (SSSR count). The average Bonchev–Trinajstić information content (AvgIpc) is 2.71. The Morgan fingerprint density at radius 3 is 2.18 bits per heavy atom. The van der Waals surface area contributed by atoms with E-state index in [9.17, 15) is 9.59 Å². The minimum absolute atomic E-state index is 0.274. The molecule has 2 amide bonds. The van der Waals surface area contributed by atoms with Crippen LogP contribution in [-0.2, 0) is 9.59 Å². The molecule has 0 unspecified atom stereocenters. The van der Waals surface area contributed by atoms with Crippen molar-refractivity contribution >= 4 is 34.8 Å². The number of ether oxygens (including phenoxy) is 3. The molecule has 148 valence electrons. The lowest BCUT2D eigenvalue weighted by molar-refractivity contribution is -0.136. The standard InChI is InChI=1S/C19H20ClN3O5/c1-11(12-5-7-16(27-3)17(9-12)28-4)22-23-19(25)18(24)21-14-10-13(20)6-8-15(14)26-2/h5-10H,1-4H3,(H,21,24)(H,23,25). The fourth-order valence-electron chi connectivity index (χ4n) is 2.27. The molecule has 0 spiro atoms. The van der Waals surface area contributed by atoms with Crippen molar-refractivity contribution in [1.82, 2.24) is 5.43 Å². The third-order valence-corrected chi connectivity index (χ3v) is 3.98. The van der Waals surface area contributed by atoms with Crippen LogP contribution in [0.2, 0.25) is 5.02 Å². The summed E-state index contributed by atoms with van der Waals surface area (Å²) in [6.45, 7) is 1.68. The van der Waals surface area contributed by atoms with Crippen molar-refractivity contribution in [2.24, 2.45) is 5.10 Å². The Morgan fingerprint density at radius 2 is 1.54 bits per heavy atom. The van der Waals surface area contributed by atoms with Gasteiger partial charge in [0.15, 0.2) is 11.5 Å². The van der Waals surface area contributed by atoms with Gasteiger partial charge in [-0.15, -0.1) is 0 Å². The van der Waals surface area contributed by atoms with Crippen LogP contribution in [-0.4, -0.2) is 38.9 Å². The first-order valence-corrected chi connectivity index (χ1v) is 8.49. The van der Waals surface area contributed by atoms with Gasteiger partial charge in [0.25, 0.3) is 0 Å². The molecule has 0 radical (unpaired) electrons. The van der Waals surface area contributed by atoms with Crippen molar-refractivity contribution in [1.29, 1.82) is 0 Å². The molecule has 0 saturated carbocycles. The van der Waals surface area contributed by atoms with Crippen molar-refractivity contribution in [2.45, 2.75) is 6.92 Å². The zero-order valence-electron chi connectivity index (χ0n) is 15.8. The van der Waals surface area contributed by atoms with Gasteiger partial charge in [0.05, 0.1) is 32.7 Å². The van der Waals surface area contributed by atoms with E-state index >= 15 is 0 Å². The van der Waals surface area contributed by atoms with Crippen molar-refractivity contribution < 1.29 is 23.8 Å². The molecule has 0 bridgehead atoms. The second kappa shape index (κ2) is 9.61. The van der Waals surface area contributed by atoms with E-state index in [1.54, 1.807) is 37.3 Å². The van der Waals surface area contributed by atoms with Gasteiger partial charge in [0.2, 0.25) is 0 Å². The Bertz CT molecular complexity index is 914. The molecule has 0 aliphatic carbocycles. The molecular formula is C19H20ClN3O5. The molecule has 0 aromatic heterocycles. The van der Waals surface area contributed by atoms with E-state index in [1.165, 1.54) is 27.4 Å². The number of halogens is 1. The van der Waals surface area contributed by atoms with Crippen LogP contribution in [0.3, 0.4) is 0 Å². The Labute approximate surface area is 167 Å². The highest BCUT2D eigenvalue weighted by Crippen LogP contribution is 2.28. The second-order valence-corrected chi connectivity index (χ2v) is 5.94. The molecule has 0 atom stereocenters. The van der Waals surface area contributed by atoms with E-state index in [2.05, 4.69) is 15.8 Å². The molecule has 0 aliphatic heterocycles. The van der Waals surface area contributed by atoms with Crippen LogP contribution in [0.1, 0.15) is 12.5 Å². The van der Waals surface area contributed by atoms with Crippen LogP contribution in [0.25, 0.3) is 0 Å². The fraction of sp³-hybridized carbons (Fsp3) is 0.211. The van der Waals surface area contributed by atoms with Crippen LogP contribution in [0.15, 0.2) is 41.5 Å². The lowest BCUT2D eigenvalue weighted by Gasteiger charge is -2.10. The van der Waals surface area contributed by atoms with E-state index in [4.69, 9.17) is 25.8 Å². The minimum atomic E-state index is -0.943. The average molecular weight is 406 g/mol. The number of nitrogens with zero attached hydrogens (tertiary/aromatic N) is 1. The van der Waals surface area contributed by atoms with Gasteiger partial charge < -0.3 is 19.5 Å². The van der Waals surface area contributed by atoms with Gasteiger partial charge in [-0.05, 0) is 43.3 Å². The van der Waals surface area contributed by atoms with Gasteiger partial charge in [0.1, 0.15) is 5.75 Å². The highest BCUT2D eigenvalue weighted by atomic mass is 35.5. The largest absolute Gasteiger partial charge is 0.495 e. The molecular weight excluding hydrogens is 386 g/mol. The van der Waals surface area contributed by atoms with Crippen molar-refractivity contribution in [3.05, 3.63) is 47.0 Å². The third-order valence-electron chi connectivity index (χ3n) is 3.74. The maximum atomic E-state index is 12.1. The number of nitrogens with one attached hydrogen (secondary N) is 2. The molecule has 8 nitrogen and oxygen atoms in total. The number of hydrazone groups is 1. The van der Waals surface area contributed by atoms with Crippen molar-refractivity contribution in [2.75, 3.05) is 26.6 Å². The highest BCUT2D eigenvalue weighted by Gasteiger charge is 2.16. The Hall–Kier alpha value is -3.26. The van der Waals surface area contributed by atoms with Gasteiger partial charge in [-0.3, -0.25) is 9.59 Å². The number of amides is 2. The summed E-state index contributed by atoms with van der Waals surface area (Å²) in [6, 6.07) is 9.84. The molecule has 0 aliphatic rings. The van der Waals surface area contributed by atoms with E-state index in [0.717, 1.165) is 0 Å². The summed E-state index contributed by atoms with van der Waals surface area (Å²) in [5, 5.41) is 6.77. The van der Waals surface area contributed by atoms with E-state index in [-0.39, 0.29) is 5.69 Å². The summed E-state index contributed by atoms with van der Waals surface area (Å²) in [5.74, 6) is -0.397. The molecule has 2 N–H and O–H groups in total. The molecule has 2 aromatic rings. The second-order valence-electron chi connectivity index (χ2n) is 5.51.